The van der Waals surface area contributed by atoms with Crippen molar-refractivity contribution < 1.29 is 22.8 Å². The van der Waals surface area contributed by atoms with Gasteiger partial charge in [0.15, 0.2) is 0 Å². The first-order valence-electron chi connectivity index (χ1n) is 11.3. The Bertz CT molecular complexity index is 1240. The number of hydrogen-bond donors (Lipinski definition) is 2. The highest BCUT2D eigenvalue weighted by Gasteiger charge is 2.29. The van der Waals surface area contributed by atoms with Crippen LogP contribution < -0.4 is 15.4 Å². The van der Waals surface area contributed by atoms with Crippen molar-refractivity contribution in [2.24, 2.45) is 11.7 Å². The SMILES string of the molecule is CC(=O)N1CCCc2cc(S(=O)(=O)Nc3ccccc3C(=O)N3CCC(C(N)=O)CC3)ccc21. The topological polar surface area (TPSA) is 130 Å². The van der Waals surface area contributed by atoms with Gasteiger partial charge in [0.2, 0.25) is 11.8 Å². The number of carbonyl (C=O) groups excluding carboxylic acids is 3. The molecule has 0 radical (unpaired) electrons. The van der Waals surface area contributed by atoms with Crippen molar-refractivity contribution in [3.63, 3.8) is 0 Å². The average molecular weight is 485 g/mol. The molecule has 3 amide bonds. The Morgan fingerprint density at radius 3 is 2.41 bits per heavy atom. The number of aryl methyl sites for hydroxylation is 1. The van der Waals surface area contributed by atoms with Gasteiger partial charge < -0.3 is 15.5 Å². The minimum atomic E-state index is -3.98. The molecule has 2 aliphatic rings. The highest BCUT2D eigenvalue weighted by molar-refractivity contribution is 7.92. The summed E-state index contributed by atoms with van der Waals surface area (Å²) in [6.07, 6.45) is 2.41. The Balaban J connectivity index is 1.56. The largest absolute Gasteiger partial charge is 0.369 e. The van der Waals surface area contributed by atoms with Gasteiger partial charge in [-0.15, -0.1) is 0 Å². The lowest BCUT2D eigenvalue weighted by Gasteiger charge is -2.31. The van der Waals surface area contributed by atoms with E-state index in [4.69, 9.17) is 5.73 Å². The van der Waals surface area contributed by atoms with Crippen molar-refractivity contribution >= 4 is 39.1 Å². The fourth-order valence-electron chi connectivity index (χ4n) is 4.57. The van der Waals surface area contributed by atoms with E-state index in [2.05, 4.69) is 4.72 Å². The normalized spacial score (nSPS) is 16.6. The number of sulfonamides is 1. The van der Waals surface area contributed by atoms with Crippen LogP contribution in [-0.2, 0) is 26.0 Å². The van der Waals surface area contributed by atoms with Crippen LogP contribution in [0, 0.1) is 5.92 Å². The first-order valence-corrected chi connectivity index (χ1v) is 12.8. The Morgan fingerprint density at radius 1 is 1.03 bits per heavy atom. The number of rotatable bonds is 5. The third-order valence-corrected chi connectivity index (χ3v) is 7.81. The number of carbonyl (C=O) groups is 3. The molecule has 1 saturated heterocycles. The summed E-state index contributed by atoms with van der Waals surface area (Å²) in [5, 5.41) is 0. The van der Waals surface area contributed by atoms with Gasteiger partial charge in [0, 0.05) is 38.2 Å². The van der Waals surface area contributed by atoms with Crippen LogP contribution in [0.3, 0.4) is 0 Å². The fourth-order valence-corrected chi connectivity index (χ4v) is 5.70. The Hall–Kier alpha value is -3.40. The van der Waals surface area contributed by atoms with Crippen LogP contribution in [0.5, 0.6) is 0 Å². The maximum atomic E-state index is 13.2. The molecule has 1 fully saturated rings. The summed E-state index contributed by atoms with van der Waals surface area (Å²) < 4.78 is 29.0. The van der Waals surface area contributed by atoms with E-state index in [-0.39, 0.29) is 39.8 Å². The Labute approximate surface area is 199 Å². The molecule has 0 unspecified atom stereocenters. The molecule has 2 aromatic rings. The molecule has 0 spiro atoms. The molecule has 0 atom stereocenters. The molecular formula is C24H28N4O5S. The van der Waals surface area contributed by atoms with Crippen LogP contribution in [-0.4, -0.2) is 50.7 Å². The molecule has 3 N–H and O–H groups in total. The van der Waals surface area contributed by atoms with Gasteiger partial charge in [0.1, 0.15) is 0 Å². The third kappa shape index (κ3) is 4.77. The number of primary amides is 1. The molecule has 0 aliphatic carbocycles. The maximum absolute atomic E-state index is 13.2. The zero-order chi connectivity index (χ0) is 24.5. The van der Waals surface area contributed by atoms with E-state index < -0.39 is 10.0 Å². The van der Waals surface area contributed by atoms with Crippen LogP contribution in [0.25, 0.3) is 0 Å². The quantitative estimate of drug-likeness (QED) is 0.671. The monoisotopic (exact) mass is 484 g/mol. The number of benzene rings is 2. The second-order valence-corrected chi connectivity index (χ2v) is 10.4. The zero-order valence-electron chi connectivity index (χ0n) is 19.0. The van der Waals surface area contributed by atoms with Gasteiger partial charge in [-0.05, 0) is 61.6 Å². The highest BCUT2D eigenvalue weighted by atomic mass is 32.2. The van der Waals surface area contributed by atoms with Gasteiger partial charge in [0.25, 0.3) is 15.9 Å². The smallest absolute Gasteiger partial charge is 0.261 e. The Morgan fingerprint density at radius 2 is 1.74 bits per heavy atom. The molecule has 0 bridgehead atoms. The molecular weight excluding hydrogens is 456 g/mol. The summed E-state index contributed by atoms with van der Waals surface area (Å²) in [6.45, 7) is 2.86. The van der Waals surface area contributed by atoms with Gasteiger partial charge in [-0.3, -0.25) is 19.1 Å². The van der Waals surface area contributed by atoms with Gasteiger partial charge in [-0.2, -0.15) is 0 Å². The van der Waals surface area contributed by atoms with E-state index in [1.54, 1.807) is 46.2 Å². The Kier molecular flexibility index (Phi) is 6.60. The number of amides is 3. The van der Waals surface area contributed by atoms with Crippen LogP contribution in [0.1, 0.15) is 42.1 Å². The number of nitrogens with one attached hydrogen (secondary N) is 1. The summed E-state index contributed by atoms with van der Waals surface area (Å²) in [6, 6.07) is 11.2. The van der Waals surface area contributed by atoms with Crippen molar-refractivity contribution in [3.05, 3.63) is 53.6 Å². The lowest BCUT2D eigenvalue weighted by Crippen LogP contribution is -2.42. The van der Waals surface area contributed by atoms with E-state index >= 15 is 0 Å². The second kappa shape index (κ2) is 9.46. The van der Waals surface area contributed by atoms with Gasteiger partial charge in [0.05, 0.1) is 16.1 Å². The maximum Gasteiger partial charge on any atom is 0.261 e. The van der Waals surface area contributed by atoms with Crippen LogP contribution in [0.15, 0.2) is 47.4 Å². The van der Waals surface area contributed by atoms with Gasteiger partial charge >= 0.3 is 0 Å². The molecule has 2 heterocycles. The van der Waals surface area contributed by atoms with Crippen molar-refractivity contribution in [2.75, 3.05) is 29.3 Å². The highest BCUT2D eigenvalue weighted by Crippen LogP contribution is 2.31. The van der Waals surface area contributed by atoms with E-state index in [9.17, 15) is 22.8 Å². The standard InChI is InChI=1S/C24H28N4O5S/c1-16(29)28-12-4-5-18-15-19(8-9-22(18)28)34(32,33)26-21-7-3-2-6-20(21)24(31)27-13-10-17(11-14-27)23(25)30/h2-3,6-9,15,17,26H,4-5,10-14H2,1H3,(H2,25,30). The summed E-state index contributed by atoms with van der Waals surface area (Å²) in [7, 11) is -3.98. The molecule has 2 aliphatic heterocycles. The number of nitrogens with two attached hydrogens (primary N) is 1. The molecule has 34 heavy (non-hydrogen) atoms. The second-order valence-electron chi connectivity index (χ2n) is 8.68. The molecule has 180 valence electrons. The van der Waals surface area contributed by atoms with Crippen molar-refractivity contribution in [1.82, 2.24) is 4.90 Å². The minimum absolute atomic E-state index is 0.0705. The number of para-hydroxylation sites is 1. The fraction of sp³-hybridized carbons (Fsp3) is 0.375. The number of piperidine rings is 1. The van der Waals surface area contributed by atoms with Crippen molar-refractivity contribution in [1.29, 1.82) is 0 Å². The predicted octanol–water partition coefficient (Wildman–Crippen LogP) is 2.12. The lowest BCUT2D eigenvalue weighted by atomic mass is 9.96. The van der Waals surface area contributed by atoms with E-state index in [1.807, 2.05) is 0 Å². The minimum Gasteiger partial charge on any atom is -0.369 e. The molecule has 2 aromatic carbocycles. The van der Waals surface area contributed by atoms with E-state index in [0.29, 0.717) is 38.9 Å². The first-order chi connectivity index (χ1) is 16.2. The van der Waals surface area contributed by atoms with Crippen LogP contribution in [0.2, 0.25) is 0 Å². The van der Waals surface area contributed by atoms with Crippen LogP contribution in [0.4, 0.5) is 11.4 Å². The van der Waals surface area contributed by atoms with Gasteiger partial charge in [-0.1, -0.05) is 12.1 Å². The first kappa shape index (κ1) is 23.7. The third-order valence-electron chi connectivity index (χ3n) is 6.45. The molecule has 0 saturated carbocycles. The lowest BCUT2D eigenvalue weighted by molar-refractivity contribution is -0.123. The van der Waals surface area contributed by atoms with Gasteiger partial charge in [-0.25, -0.2) is 8.42 Å². The van der Waals surface area contributed by atoms with E-state index in [1.165, 1.54) is 13.0 Å². The van der Waals surface area contributed by atoms with Crippen molar-refractivity contribution in [2.45, 2.75) is 37.5 Å². The van der Waals surface area contributed by atoms with E-state index in [0.717, 1.165) is 17.7 Å². The number of nitrogens with zero attached hydrogens (tertiary/aromatic N) is 2. The molecule has 0 aromatic heterocycles. The zero-order valence-corrected chi connectivity index (χ0v) is 19.8. The number of likely N-dealkylation sites (tertiary alicyclic amines) is 1. The molecule has 10 heteroatoms. The summed E-state index contributed by atoms with van der Waals surface area (Å²) >= 11 is 0. The summed E-state index contributed by atoms with van der Waals surface area (Å²) in [5.74, 6) is -0.997. The predicted molar refractivity (Wildman–Crippen MR) is 128 cm³/mol. The number of fused-ring (bicyclic) bond motifs is 1. The van der Waals surface area contributed by atoms with Crippen molar-refractivity contribution in [3.8, 4) is 0 Å². The number of anilines is 2. The number of hydrogen-bond acceptors (Lipinski definition) is 5. The summed E-state index contributed by atoms with van der Waals surface area (Å²) in [4.78, 5) is 39.8. The van der Waals surface area contributed by atoms with Crippen LogP contribution >= 0.6 is 0 Å². The molecule has 9 nitrogen and oxygen atoms in total. The summed E-state index contributed by atoms with van der Waals surface area (Å²) in [5.41, 5.74) is 7.33. The molecule has 4 rings (SSSR count). The average Bonchev–Trinajstić information content (AvgIpc) is 2.83.